The zero-order valence-electron chi connectivity index (χ0n) is 33.3. The summed E-state index contributed by atoms with van der Waals surface area (Å²) in [5.41, 5.74) is 1.81. The van der Waals surface area contributed by atoms with Crippen LogP contribution in [0.15, 0.2) is 103 Å². The first-order valence-electron chi connectivity index (χ1n) is 19.9. The number of hydrogen-bond acceptors (Lipinski definition) is 10. The maximum absolute atomic E-state index is 14.3. The number of nitro groups is 1. The molecule has 6 rings (SSSR count). The first-order valence-corrected chi connectivity index (χ1v) is 19.9. The number of carbonyl (C=O) groups is 3. The van der Waals surface area contributed by atoms with Crippen LogP contribution < -0.4 is 19.9 Å². The number of amides is 3. The molecule has 0 saturated heterocycles. The molecule has 14 heteroatoms. The number of aliphatic hydroxyl groups excluding tert-OH is 2. The lowest BCUT2D eigenvalue weighted by Gasteiger charge is -2.35. The summed E-state index contributed by atoms with van der Waals surface area (Å²) in [6.07, 6.45) is 4.89. The predicted molar refractivity (Wildman–Crippen MR) is 223 cm³/mol. The Morgan fingerprint density at radius 3 is 2.44 bits per heavy atom. The van der Waals surface area contributed by atoms with Gasteiger partial charge in [0.15, 0.2) is 5.60 Å². The number of ether oxygens (including phenoxy) is 1. The van der Waals surface area contributed by atoms with Crippen molar-refractivity contribution in [2.75, 3.05) is 42.7 Å². The summed E-state index contributed by atoms with van der Waals surface area (Å²) >= 11 is 0. The van der Waals surface area contributed by atoms with Crippen LogP contribution in [-0.2, 0) is 39.5 Å². The van der Waals surface area contributed by atoms with E-state index in [1.807, 2.05) is 55.5 Å². The van der Waals surface area contributed by atoms with E-state index in [4.69, 9.17) is 4.74 Å². The number of nitrogens with zero attached hydrogens (tertiary/aromatic N) is 4. The number of rotatable bonds is 19. The molecular weight excluding hydrogens is 755 g/mol. The lowest BCUT2D eigenvalue weighted by molar-refractivity contribution is -0.385. The minimum absolute atomic E-state index is 0.0219. The Balaban J connectivity index is 1.23. The standard InChI is InChI=1S/C45H51N5O9/c1-3-59-37-19-21-40-34(26-37)27-39(46-22-7-8-24-51)43(54)49(40)35-16-14-33(15-17-35)30-48-41-20-18-36(50(57)58)28-38(41)45(56,44(48)55)31(2)10-9-13-42(53)47(23-25-52)29-32-11-5-4-6-12-32/h4-6,9-12,14-21,26,28,31,39,46,51-52,56H,3,7-8,13,22-25,27,29-30H2,1-2H3/b10-9+/t31-,39?,45+/m0/s1. The number of unbranched alkanes of at least 4 members (excludes halogenated alkanes) is 1. The molecule has 3 atom stereocenters. The Morgan fingerprint density at radius 1 is 1.00 bits per heavy atom. The molecule has 4 aromatic carbocycles. The van der Waals surface area contributed by atoms with E-state index in [2.05, 4.69) is 5.32 Å². The van der Waals surface area contributed by atoms with Crippen molar-refractivity contribution in [3.05, 3.63) is 136 Å². The fourth-order valence-electron chi connectivity index (χ4n) is 7.72. The van der Waals surface area contributed by atoms with Gasteiger partial charge in [0.2, 0.25) is 11.8 Å². The summed E-state index contributed by atoms with van der Waals surface area (Å²) in [5, 5.41) is 46.3. The summed E-state index contributed by atoms with van der Waals surface area (Å²) in [6.45, 7) is 4.91. The van der Waals surface area contributed by atoms with Crippen LogP contribution in [0.1, 0.15) is 55.4 Å². The quantitative estimate of drug-likeness (QED) is 0.0421. The Bertz CT molecular complexity index is 2160. The van der Waals surface area contributed by atoms with Crippen LogP contribution in [0, 0.1) is 16.0 Å². The molecule has 3 amide bonds. The minimum Gasteiger partial charge on any atom is -0.494 e. The summed E-state index contributed by atoms with van der Waals surface area (Å²) in [7, 11) is 0. The molecule has 0 aliphatic carbocycles. The van der Waals surface area contributed by atoms with E-state index in [0.717, 1.165) is 23.2 Å². The Morgan fingerprint density at radius 2 is 1.75 bits per heavy atom. The van der Waals surface area contributed by atoms with Gasteiger partial charge < -0.3 is 35.2 Å². The van der Waals surface area contributed by atoms with Crippen molar-refractivity contribution < 1.29 is 39.4 Å². The van der Waals surface area contributed by atoms with E-state index in [0.29, 0.717) is 55.2 Å². The SMILES string of the molecule is CCOc1ccc2c(c1)CC(NCCCCO)C(=O)N2c1ccc(CN2C(=O)[C@@](O)([C@@H](C)/C=C/CC(=O)N(CCO)Cc3ccccc3)c3cc([N+](=O)[O-])ccc32)cc1. The number of nitro benzene ring substituents is 1. The second-order valence-corrected chi connectivity index (χ2v) is 14.8. The first-order chi connectivity index (χ1) is 28.5. The molecule has 0 spiro atoms. The number of hydrogen-bond donors (Lipinski definition) is 4. The van der Waals surface area contributed by atoms with Crippen LogP contribution in [0.5, 0.6) is 5.75 Å². The van der Waals surface area contributed by atoms with E-state index >= 15 is 0 Å². The molecular formula is C45H51N5O9. The second-order valence-electron chi connectivity index (χ2n) is 14.8. The van der Waals surface area contributed by atoms with Gasteiger partial charge in [-0.2, -0.15) is 0 Å². The third-order valence-corrected chi connectivity index (χ3v) is 10.8. The van der Waals surface area contributed by atoms with Crippen LogP contribution in [0.25, 0.3) is 0 Å². The molecule has 4 N–H and O–H groups in total. The summed E-state index contributed by atoms with van der Waals surface area (Å²) in [5.74, 6) is -1.25. The summed E-state index contributed by atoms with van der Waals surface area (Å²) < 4.78 is 5.75. The van der Waals surface area contributed by atoms with Crippen molar-refractivity contribution in [3.63, 3.8) is 0 Å². The topological polar surface area (TPSA) is 186 Å². The van der Waals surface area contributed by atoms with E-state index in [1.165, 1.54) is 28.0 Å². The molecule has 4 aromatic rings. The largest absolute Gasteiger partial charge is 0.494 e. The molecule has 0 aromatic heterocycles. The number of carbonyl (C=O) groups excluding carboxylic acids is 3. The second kappa shape index (κ2) is 19.2. The highest BCUT2D eigenvalue weighted by Gasteiger charge is 2.53. The van der Waals surface area contributed by atoms with Gasteiger partial charge in [-0.3, -0.25) is 29.4 Å². The fraction of sp³-hybridized carbons (Fsp3) is 0.356. The van der Waals surface area contributed by atoms with Crippen molar-refractivity contribution in [3.8, 4) is 5.75 Å². The molecule has 2 aliphatic heterocycles. The van der Waals surface area contributed by atoms with E-state index in [9.17, 15) is 39.8 Å². The fourth-order valence-corrected chi connectivity index (χ4v) is 7.72. The maximum atomic E-state index is 14.3. The molecule has 14 nitrogen and oxygen atoms in total. The van der Waals surface area contributed by atoms with Crippen LogP contribution in [0.2, 0.25) is 0 Å². The molecule has 2 heterocycles. The highest BCUT2D eigenvalue weighted by atomic mass is 16.6. The summed E-state index contributed by atoms with van der Waals surface area (Å²) in [6, 6.07) is 25.7. The average Bonchev–Trinajstić information content (AvgIpc) is 3.45. The predicted octanol–water partition coefficient (Wildman–Crippen LogP) is 5.28. The monoisotopic (exact) mass is 805 g/mol. The van der Waals surface area contributed by atoms with Gasteiger partial charge in [-0.15, -0.1) is 0 Å². The molecule has 0 radical (unpaired) electrons. The van der Waals surface area contributed by atoms with Gasteiger partial charge in [0, 0.05) is 55.4 Å². The van der Waals surface area contributed by atoms with Crippen LogP contribution >= 0.6 is 0 Å². The van der Waals surface area contributed by atoms with Gasteiger partial charge in [0.05, 0.1) is 42.1 Å². The third-order valence-electron chi connectivity index (χ3n) is 10.8. The molecule has 1 unspecified atom stereocenters. The number of fused-ring (bicyclic) bond motifs is 2. The van der Waals surface area contributed by atoms with Gasteiger partial charge >= 0.3 is 0 Å². The Kier molecular flexibility index (Phi) is 13.9. The minimum atomic E-state index is -2.18. The number of non-ortho nitro benzene ring substituents is 1. The molecule has 310 valence electrons. The molecule has 0 fully saturated rings. The molecule has 2 aliphatic rings. The van der Waals surface area contributed by atoms with Crippen molar-refractivity contribution in [1.82, 2.24) is 10.2 Å². The molecule has 59 heavy (non-hydrogen) atoms. The smallest absolute Gasteiger partial charge is 0.269 e. The van der Waals surface area contributed by atoms with E-state index in [1.54, 1.807) is 48.2 Å². The molecule has 0 saturated carbocycles. The normalized spacial score (nSPS) is 17.9. The molecule has 0 bridgehead atoms. The van der Waals surface area contributed by atoms with Gasteiger partial charge in [-0.25, -0.2) is 0 Å². The lowest BCUT2D eigenvalue weighted by atomic mass is 9.82. The zero-order valence-corrected chi connectivity index (χ0v) is 33.3. The van der Waals surface area contributed by atoms with Crippen molar-refractivity contribution >= 4 is 40.5 Å². The van der Waals surface area contributed by atoms with Gasteiger partial charge in [0.25, 0.3) is 11.6 Å². The van der Waals surface area contributed by atoms with Crippen molar-refractivity contribution in [2.45, 2.75) is 64.3 Å². The van der Waals surface area contributed by atoms with E-state index in [-0.39, 0.29) is 55.8 Å². The number of benzene rings is 4. The van der Waals surface area contributed by atoms with Gasteiger partial charge in [-0.05, 0) is 85.8 Å². The Labute approximate surface area is 343 Å². The third kappa shape index (κ3) is 9.36. The highest BCUT2D eigenvalue weighted by Crippen LogP contribution is 2.47. The zero-order chi connectivity index (χ0) is 42.1. The van der Waals surface area contributed by atoms with Gasteiger partial charge in [0.1, 0.15) is 5.75 Å². The van der Waals surface area contributed by atoms with Crippen LogP contribution in [-0.4, -0.2) is 81.8 Å². The Hall–Kier alpha value is -5.93. The number of aliphatic hydroxyl groups is 3. The maximum Gasteiger partial charge on any atom is 0.269 e. The number of anilines is 3. The lowest BCUT2D eigenvalue weighted by Crippen LogP contribution is -2.49. The van der Waals surface area contributed by atoms with E-state index < -0.39 is 28.4 Å². The van der Waals surface area contributed by atoms with Crippen molar-refractivity contribution in [1.29, 1.82) is 0 Å². The van der Waals surface area contributed by atoms with Gasteiger partial charge in [-0.1, -0.05) is 61.5 Å². The summed E-state index contributed by atoms with van der Waals surface area (Å²) in [4.78, 5) is 57.4. The highest BCUT2D eigenvalue weighted by molar-refractivity contribution is 6.08. The number of nitrogens with one attached hydrogen (secondary N) is 1. The van der Waals surface area contributed by atoms with Crippen LogP contribution in [0.3, 0.4) is 0 Å². The first kappa shape index (κ1) is 42.7. The van der Waals surface area contributed by atoms with Crippen molar-refractivity contribution in [2.24, 2.45) is 5.92 Å². The van der Waals surface area contributed by atoms with Crippen LogP contribution in [0.4, 0.5) is 22.7 Å². The average molecular weight is 806 g/mol.